The van der Waals surface area contributed by atoms with Crippen LogP contribution < -0.4 is 4.46 Å². The summed E-state index contributed by atoms with van der Waals surface area (Å²) in [5.41, 5.74) is -1.18. The van der Waals surface area contributed by atoms with Gasteiger partial charge in [0, 0.05) is 0 Å². The van der Waals surface area contributed by atoms with E-state index in [1.807, 2.05) is 30.3 Å². The standard InChI is InChI=1S/C23H21F3O4Se/c1-29-20(27)22(21(28)30-2)12-16(14-31-18-6-4-3-5-7-18)19(13-22)15-8-10-17(11-9-15)23(24,25)26/h3-11,13,16H,12,14H2,1-2H3. The second-order valence-corrected chi connectivity index (χ2v) is 9.45. The van der Waals surface area contributed by atoms with Crippen LogP contribution in [0.3, 0.4) is 0 Å². The molecule has 2 aromatic rings. The number of rotatable bonds is 6. The van der Waals surface area contributed by atoms with Crippen molar-refractivity contribution < 1.29 is 32.2 Å². The van der Waals surface area contributed by atoms with Crippen molar-refractivity contribution in [1.82, 2.24) is 0 Å². The van der Waals surface area contributed by atoms with E-state index in [9.17, 15) is 22.8 Å². The second kappa shape index (κ2) is 9.28. The minimum absolute atomic E-state index is 0.0409. The molecule has 164 valence electrons. The van der Waals surface area contributed by atoms with Gasteiger partial charge in [0.15, 0.2) is 0 Å². The third-order valence-corrected chi connectivity index (χ3v) is 7.71. The number of methoxy groups -OCH3 is 2. The number of alkyl halides is 3. The second-order valence-electron chi connectivity index (χ2n) is 7.15. The van der Waals surface area contributed by atoms with E-state index in [0.717, 1.165) is 16.6 Å². The molecule has 1 unspecified atom stereocenters. The molecule has 1 aliphatic rings. The first-order valence-corrected chi connectivity index (χ1v) is 11.5. The molecule has 31 heavy (non-hydrogen) atoms. The zero-order chi connectivity index (χ0) is 22.6. The molecular formula is C23H21F3O4Se. The third-order valence-electron chi connectivity index (χ3n) is 5.25. The van der Waals surface area contributed by atoms with Gasteiger partial charge in [-0.3, -0.25) is 0 Å². The van der Waals surface area contributed by atoms with Gasteiger partial charge in [-0.25, -0.2) is 0 Å². The van der Waals surface area contributed by atoms with Crippen LogP contribution in [0.15, 0.2) is 60.7 Å². The van der Waals surface area contributed by atoms with Crippen molar-refractivity contribution in [2.24, 2.45) is 11.3 Å². The fraction of sp³-hybridized carbons (Fsp3) is 0.304. The van der Waals surface area contributed by atoms with Crippen LogP contribution in [0, 0.1) is 11.3 Å². The van der Waals surface area contributed by atoms with Crippen LogP contribution in [0.5, 0.6) is 0 Å². The summed E-state index contributed by atoms with van der Waals surface area (Å²) >= 11 is 0.0409. The van der Waals surface area contributed by atoms with Gasteiger partial charge < -0.3 is 0 Å². The molecule has 1 aliphatic carbocycles. The van der Waals surface area contributed by atoms with Crippen LogP contribution in [0.2, 0.25) is 5.32 Å². The van der Waals surface area contributed by atoms with Gasteiger partial charge in [0.05, 0.1) is 0 Å². The van der Waals surface area contributed by atoms with E-state index in [0.29, 0.717) is 16.5 Å². The summed E-state index contributed by atoms with van der Waals surface area (Å²) in [6.07, 6.45) is -2.78. The van der Waals surface area contributed by atoms with E-state index >= 15 is 0 Å². The van der Waals surface area contributed by atoms with Gasteiger partial charge in [0.25, 0.3) is 0 Å². The summed E-state index contributed by atoms with van der Waals surface area (Å²) in [6, 6.07) is 14.6. The maximum absolute atomic E-state index is 13.0. The molecule has 2 aromatic carbocycles. The molecule has 0 saturated heterocycles. The molecule has 0 amide bonds. The summed E-state index contributed by atoms with van der Waals surface area (Å²) in [5, 5.41) is 0.666. The molecule has 0 bridgehead atoms. The molecule has 0 radical (unpaired) electrons. The molecule has 0 fully saturated rings. The molecular weight excluding hydrogens is 476 g/mol. The molecule has 0 spiro atoms. The van der Waals surface area contributed by atoms with Gasteiger partial charge in [0.1, 0.15) is 0 Å². The SMILES string of the molecule is COC(=O)C1(C(=O)OC)C=C(c2ccc(C(F)(F)F)cc2)C(C[Se]c2ccccc2)C1. The number of allylic oxidation sites excluding steroid dienone is 1. The summed E-state index contributed by atoms with van der Waals surface area (Å²) < 4.78 is 49.9. The van der Waals surface area contributed by atoms with Crippen molar-refractivity contribution in [3.63, 3.8) is 0 Å². The van der Waals surface area contributed by atoms with Gasteiger partial charge in [-0.1, -0.05) is 0 Å². The van der Waals surface area contributed by atoms with Gasteiger partial charge >= 0.3 is 184 Å². The third kappa shape index (κ3) is 4.86. The van der Waals surface area contributed by atoms with Crippen molar-refractivity contribution in [2.75, 3.05) is 14.2 Å². The summed E-state index contributed by atoms with van der Waals surface area (Å²) in [5.74, 6) is -1.69. The molecule has 0 saturated carbocycles. The first-order valence-electron chi connectivity index (χ1n) is 9.46. The number of carbonyl (C=O) groups excluding carboxylic acids is 2. The van der Waals surface area contributed by atoms with E-state index in [-0.39, 0.29) is 27.3 Å². The number of benzene rings is 2. The Morgan fingerprint density at radius 3 is 2.10 bits per heavy atom. The first-order chi connectivity index (χ1) is 14.7. The minimum atomic E-state index is -4.44. The van der Waals surface area contributed by atoms with Crippen LogP contribution >= 0.6 is 0 Å². The van der Waals surface area contributed by atoms with Crippen molar-refractivity contribution in [3.05, 3.63) is 71.8 Å². The van der Waals surface area contributed by atoms with E-state index < -0.39 is 29.1 Å². The van der Waals surface area contributed by atoms with E-state index in [4.69, 9.17) is 9.47 Å². The Hall–Kier alpha value is -2.57. The molecule has 0 aromatic heterocycles. The summed E-state index contributed by atoms with van der Waals surface area (Å²) in [6.45, 7) is 0. The molecule has 8 heteroatoms. The number of hydrogen-bond acceptors (Lipinski definition) is 4. The van der Waals surface area contributed by atoms with Crippen LogP contribution in [-0.4, -0.2) is 41.1 Å². The molecule has 0 aliphatic heterocycles. The van der Waals surface area contributed by atoms with Crippen molar-refractivity contribution in [2.45, 2.75) is 17.9 Å². The predicted molar refractivity (Wildman–Crippen MR) is 111 cm³/mol. The van der Waals surface area contributed by atoms with Crippen molar-refractivity contribution in [1.29, 1.82) is 0 Å². The normalized spacial score (nSPS) is 17.7. The molecule has 0 N–H and O–H groups in total. The first kappa shape index (κ1) is 23.1. The fourth-order valence-corrected chi connectivity index (χ4v) is 5.89. The number of esters is 2. The van der Waals surface area contributed by atoms with E-state index in [1.165, 1.54) is 32.4 Å². The van der Waals surface area contributed by atoms with Gasteiger partial charge in [-0.05, 0) is 0 Å². The Morgan fingerprint density at radius 1 is 1.00 bits per heavy atom. The molecule has 0 heterocycles. The Bertz CT molecular complexity index is 953. The van der Waals surface area contributed by atoms with Crippen molar-refractivity contribution in [3.8, 4) is 0 Å². The monoisotopic (exact) mass is 498 g/mol. The Morgan fingerprint density at radius 2 is 1.58 bits per heavy atom. The van der Waals surface area contributed by atoms with Crippen LogP contribution in [-0.2, 0) is 25.2 Å². The Balaban J connectivity index is 1.99. The number of halogens is 3. The van der Waals surface area contributed by atoms with Crippen LogP contribution in [0.4, 0.5) is 13.2 Å². The number of carbonyl (C=O) groups is 2. The average molecular weight is 497 g/mol. The Labute approximate surface area is 184 Å². The molecule has 3 rings (SSSR count). The van der Waals surface area contributed by atoms with Crippen LogP contribution in [0.1, 0.15) is 17.5 Å². The summed E-state index contributed by atoms with van der Waals surface area (Å²) in [7, 11) is 2.39. The average Bonchev–Trinajstić information content (AvgIpc) is 3.17. The molecule has 4 nitrogen and oxygen atoms in total. The van der Waals surface area contributed by atoms with E-state index in [1.54, 1.807) is 0 Å². The van der Waals surface area contributed by atoms with Crippen LogP contribution in [0.25, 0.3) is 5.57 Å². The van der Waals surface area contributed by atoms with Gasteiger partial charge in [0.2, 0.25) is 0 Å². The fourth-order valence-electron chi connectivity index (χ4n) is 3.71. The zero-order valence-corrected chi connectivity index (χ0v) is 18.7. The van der Waals surface area contributed by atoms with Gasteiger partial charge in [-0.2, -0.15) is 0 Å². The maximum atomic E-state index is 13.0. The van der Waals surface area contributed by atoms with Gasteiger partial charge in [-0.15, -0.1) is 0 Å². The Kier molecular flexibility index (Phi) is 6.92. The van der Waals surface area contributed by atoms with Crippen molar-refractivity contribution >= 4 is 36.9 Å². The number of ether oxygens (including phenoxy) is 2. The number of hydrogen-bond donors (Lipinski definition) is 0. The zero-order valence-electron chi connectivity index (χ0n) is 16.9. The topological polar surface area (TPSA) is 52.6 Å². The van der Waals surface area contributed by atoms with E-state index in [2.05, 4.69) is 0 Å². The quantitative estimate of drug-likeness (QED) is 0.345. The molecule has 1 atom stereocenters. The summed E-state index contributed by atoms with van der Waals surface area (Å²) in [4.78, 5) is 25.2. The predicted octanol–water partition coefficient (Wildman–Crippen LogP) is 3.89.